The number of esters is 1. The Bertz CT molecular complexity index is 813. The van der Waals surface area contributed by atoms with Gasteiger partial charge in [-0.1, -0.05) is 25.7 Å². The minimum Gasteiger partial charge on any atom is -0.454 e. The fourth-order valence-electron chi connectivity index (χ4n) is 3.41. The standard InChI is InChI=1S/C20H24N2O7/c1-13(20(24)21-15-6-4-2-3-5-7-15)29-19(23)9-8-14-10-17-18(28-12-27-17)11-16(14)22(25)26/h8-11,13,15H,2-7,12H2,1H3,(H,21,24)/b9-8+/t13-/m1/s1. The van der Waals surface area contributed by atoms with Gasteiger partial charge in [-0.15, -0.1) is 0 Å². The van der Waals surface area contributed by atoms with E-state index in [0.29, 0.717) is 5.75 Å². The summed E-state index contributed by atoms with van der Waals surface area (Å²) in [6.07, 6.45) is 7.73. The van der Waals surface area contributed by atoms with Crippen LogP contribution in [0.4, 0.5) is 5.69 Å². The second kappa shape index (κ2) is 9.40. The lowest BCUT2D eigenvalue weighted by molar-refractivity contribution is -0.385. The first-order valence-corrected chi connectivity index (χ1v) is 9.71. The van der Waals surface area contributed by atoms with Crippen LogP contribution in [0.15, 0.2) is 18.2 Å². The molecule has 0 radical (unpaired) electrons. The normalized spacial score (nSPS) is 17.6. The number of nitro groups is 1. The van der Waals surface area contributed by atoms with E-state index in [1.807, 2.05) is 0 Å². The second-order valence-electron chi connectivity index (χ2n) is 7.13. The topological polar surface area (TPSA) is 117 Å². The molecule has 9 nitrogen and oxygen atoms in total. The van der Waals surface area contributed by atoms with Crippen LogP contribution in [0.5, 0.6) is 11.5 Å². The molecule has 0 spiro atoms. The number of benzene rings is 1. The molecule has 0 bridgehead atoms. The van der Waals surface area contributed by atoms with Gasteiger partial charge < -0.3 is 19.5 Å². The predicted molar refractivity (Wildman–Crippen MR) is 103 cm³/mol. The molecule has 1 N–H and O–H groups in total. The summed E-state index contributed by atoms with van der Waals surface area (Å²) in [6.45, 7) is 1.48. The summed E-state index contributed by atoms with van der Waals surface area (Å²) in [7, 11) is 0. The van der Waals surface area contributed by atoms with Crippen LogP contribution in [-0.4, -0.2) is 35.7 Å². The van der Waals surface area contributed by atoms with Crippen molar-refractivity contribution in [2.75, 3.05) is 6.79 Å². The number of carbonyl (C=O) groups is 2. The van der Waals surface area contributed by atoms with E-state index >= 15 is 0 Å². The van der Waals surface area contributed by atoms with E-state index in [-0.39, 0.29) is 35.7 Å². The van der Waals surface area contributed by atoms with Gasteiger partial charge in [-0.2, -0.15) is 0 Å². The minimum atomic E-state index is -0.956. The average Bonchev–Trinajstić information content (AvgIpc) is 2.99. The molecule has 0 aromatic heterocycles. The number of amides is 1. The highest BCUT2D eigenvalue weighted by Gasteiger charge is 2.23. The van der Waals surface area contributed by atoms with Crippen LogP contribution >= 0.6 is 0 Å². The highest BCUT2D eigenvalue weighted by atomic mass is 16.7. The number of carbonyl (C=O) groups excluding carboxylic acids is 2. The Kier molecular flexibility index (Phi) is 6.69. The van der Waals surface area contributed by atoms with Gasteiger partial charge in [-0.25, -0.2) is 4.79 Å². The first-order chi connectivity index (χ1) is 13.9. The number of nitrogens with one attached hydrogen (secondary N) is 1. The van der Waals surface area contributed by atoms with E-state index in [1.54, 1.807) is 0 Å². The molecule has 1 fully saturated rings. The summed E-state index contributed by atoms with van der Waals surface area (Å²) in [4.78, 5) is 35.0. The summed E-state index contributed by atoms with van der Waals surface area (Å²) >= 11 is 0. The highest BCUT2D eigenvalue weighted by molar-refractivity contribution is 5.91. The Morgan fingerprint density at radius 2 is 1.86 bits per heavy atom. The van der Waals surface area contributed by atoms with Crippen molar-refractivity contribution in [1.82, 2.24) is 5.32 Å². The van der Waals surface area contributed by atoms with Crippen LogP contribution in [0, 0.1) is 10.1 Å². The van der Waals surface area contributed by atoms with Gasteiger partial charge in [-0.05, 0) is 31.9 Å². The minimum absolute atomic E-state index is 0.0185. The smallest absolute Gasteiger partial charge is 0.331 e. The van der Waals surface area contributed by atoms with Gasteiger partial charge in [0, 0.05) is 12.1 Å². The van der Waals surface area contributed by atoms with Gasteiger partial charge in [0.2, 0.25) is 6.79 Å². The van der Waals surface area contributed by atoms with Crippen molar-refractivity contribution in [2.24, 2.45) is 0 Å². The lowest BCUT2D eigenvalue weighted by atomic mass is 10.1. The summed E-state index contributed by atoms with van der Waals surface area (Å²) in [5, 5.41) is 14.2. The molecule has 1 saturated carbocycles. The molecule has 1 aromatic rings. The lowest BCUT2D eigenvalue weighted by Gasteiger charge is -2.19. The number of hydrogen-bond donors (Lipinski definition) is 1. The van der Waals surface area contributed by atoms with Crippen molar-refractivity contribution in [3.63, 3.8) is 0 Å². The summed E-state index contributed by atoms with van der Waals surface area (Å²) < 4.78 is 15.5. The van der Waals surface area contributed by atoms with Crippen molar-refractivity contribution in [1.29, 1.82) is 0 Å². The SMILES string of the molecule is C[C@@H](OC(=O)/C=C/c1cc2c(cc1[N+](=O)[O-])OCO2)C(=O)NC1CCCCCC1. The Hall–Kier alpha value is -3.10. The molecule has 3 rings (SSSR count). The lowest BCUT2D eigenvalue weighted by Crippen LogP contribution is -2.41. The predicted octanol–water partition coefficient (Wildman–Crippen LogP) is 3.11. The van der Waals surface area contributed by atoms with Gasteiger partial charge in [0.15, 0.2) is 17.6 Å². The number of rotatable bonds is 6. The van der Waals surface area contributed by atoms with Gasteiger partial charge in [0.05, 0.1) is 16.6 Å². The van der Waals surface area contributed by atoms with Crippen molar-refractivity contribution in [3.05, 3.63) is 33.9 Å². The quantitative estimate of drug-likeness (QED) is 0.254. The van der Waals surface area contributed by atoms with Gasteiger partial charge in [0.25, 0.3) is 11.6 Å². The molecule has 156 valence electrons. The van der Waals surface area contributed by atoms with Crippen LogP contribution in [-0.2, 0) is 14.3 Å². The summed E-state index contributed by atoms with van der Waals surface area (Å²) in [5.41, 5.74) is -0.0517. The monoisotopic (exact) mass is 404 g/mol. The summed E-state index contributed by atoms with van der Waals surface area (Å²) in [5.74, 6) is -0.465. The van der Waals surface area contributed by atoms with Crippen molar-refractivity contribution in [2.45, 2.75) is 57.6 Å². The number of fused-ring (bicyclic) bond motifs is 1. The van der Waals surface area contributed by atoms with E-state index < -0.39 is 17.0 Å². The molecular formula is C20H24N2O7. The maximum atomic E-state index is 12.3. The third-order valence-corrected chi connectivity index (χ3v) is 4.98. The molecule has 0 saturated heterocycles. The number of ether oxygens (including phenoxy) is 3. The van der Waals surface area contributed by atoms with Crippen molar-refractivity contribution in [3.8, 4) is 11.5 Å². The molecule has 1 atom stereocenters. The molecule has 9 heteroatoms. The second-order valence-corrected chi connectivity index (χ2v) is 7.13. The number of nitrogens with zero attached hydrogens (tertiary/aromatic N) is 1. The molecule has 29 heavy (non-hydrogen) atoms. The van der Waals surface area contributed by atoms with Crippen molar-refractivity contribution >= 4 is 23.6 Å². The Balaban J connectivity index is 1.59. The van der Waals surface area contributed by atoms with Crippen LogP contribution in [0.1, 0.15) is 51.0 Å². The largest absolute Gasteiger partial charge is 0.454 e. The average molecular weight is 404 g/mol. The van der Waals surface area contributed by atoms with Crippen LogP contribution < -0.4 is 14.8 Å². The molecule has 1 aliphatic carbocycles. The van der Waals surface area contributed by atoms with E-state index in [2.05, 4.69) is 5.32 Å². The molecule has 1 aromatic carbocycles. The zero-order chi connectivity index (χ0) is 20.8. The van der Waals surface area contributed by atoms with E-state index in [4.69, 9.17) is 14.2 Å². The van der Waals surface area contributed by atoms with E-state index in [0.717, 1.165) is 31.8 Å². The first kappa shape index (κ1) is 20.6. The Morgan fingerprint density at radius 1 is 1.21 bits per heavy atom. The summed E-state index contributed by atoms with van der Waals surface area (Å²) in [6, 6.07) is 2.78. The molecule has 1 heterocycles. The third-order valence-electron chi connectivity index (χ3n) is 4.98. The first-order valence-electron chi connectivity index (χ1n) is 9.71. The molecule has 1 amide bonds. The van der Waals surface area contributed by atoms with E-state index in [1.165, 1.54) is 38.0 Å². The van der Waals surface area contributed by atoms with Crippen LogP contribution in [0.25, 0.3) is 6.08 Å². The van der Waals surface area contributed by atoms with Crippen LogP contribution in [0.2, 0.25) is 0 Å². The van der Waals surface area contributed by atoms with E-state index in [9.17, 15) is 19.7 Å². The van der Waals surface area contributed by atoms with Gasteiger partial charge >= 0.3 is 5.97 Å². The molecule has 1 aliphatic heterocycles. The van der Waals surface area contributed by atoms with Crippen molar-refractivity contribution < 1.29 is 28.7 Å². The number of hydrogen-bond acceptors (Lipinski definition) is 7. The fraction of sp³-hybridized carbons (Fsp3) is 0.500. The highest BCUT2D eigenvalue weighted by Crippen LogP contribution is 2.38. The molecule has 2 aliphatic rings. The zero-order valence-electron chi connectivity index (χ0n) is 16.2. The maximum absolute atomic E-state index is 12.3. The van der Waals surface area contributed by atoms with Gasteiger partial charge in [0.1, 0.15) is 0 Å². The fourth-order valence-corrected chi connectivity index (χ4v) is 3.41. The third kappa shape index (κ3) is 5.46. The van der Waals surface area contributed by atoms with Crippen LogP contribution in [0.3, 0.4) is 0 Å². The Labute approximate surface area is 168 Å². The number of nitro benzene ring substituents is 1. The zero-order valence-corrected chi connectivity index (χ0v) is 16.2. The Morgan fingerprint density at radius 3 is 2.52 bits per heavy atom. The molecular weight excluding hydrogens is 380 g/mol. The molecule has 0 unspecified atom stereocenters. The van der Waals surface area contributed by atoms with Gasteiger partial charge in [-0.3, -0.25) is 14.9 Å². The maximum Gasteiger partial charge on any atom is 0.331 e.